The molecule has 0 nitrogen and oxygen atoms in total. The molecule has 0 aromatic heterocycles. The van der Waals surface area contributed by atoms with Gasteiger partial charge >= 0.3 is 0 Å². The number of rotatable bonds is 11. The van der Waals surface area contributed by atoms with Gasteiger partial charge in [0.25, 0.3) is 0 Å². The molecule has 0 bridgehead atoms. The number of aryl methyl sites for hydroxylation is 2. The Morgan fingerprint density at radius 3 is 1.21 bits per heavy atom. The van der Waals surface area contributed by atoms with E-state index in [1.165, 1.54) is 72.6 Å². The molecule has 0 saturated heterocycles. The molecule has 24 heavy (non-hydrogen) atoms. The van der Waals surface area contributed by atoms with Crippen molar-refractivity contribution in [3.05, 3.63) is 59.7 Å². The SMILES string of the molecule is Cc1ccc(PCCCCCCCCPc2ccc(C)cc2)cc1. The van der Waals surface area contributed by atoms with Crippen LogP contribution in [0.1, 0.15) is 49.7 Å². The Hall–Kier alpha value is -0.700. The molecule has 130 valence electrons. The largest absolute Gasteiger partial charge is 0.0904 e. The van der Waals surface area contributed by atoms with Crippen LogP contribution in [0.15, 0.2) is 48.5 Å². The summed E-state index contributed by atoms with van der Waals surface area (Å²) < 4.78 is 0. The Bertz CT molecular complexity index is 504. The van der Waals surface area contributed by atoms with Crippen LogP contribution in [0.3, 0.4) is 0 Å². The first kappa shape index (κ1) is 19.6. The fourth-order valence-electron chi connectivity index (χ4n) is 2.77. The fourth-order valence-corrected chi connectivity index (χ4v) is 5.00. The quantitative estimate of drug-likeness (QED) is 0.344. The number of hydrogen-bond donors (Lipinski definition) is 0. The lowest BCUT2D eigenvalue weighted by Crippen LogP contribution is -1.95. The Morgan fingerprint density at radius 1 is 0.500 bits per heavy atom. The van der Waals surface area contributed by atoms with E-state index in [-0.39, 0.29) is 0 Å². The van der Waals surface area contributed by atoms with Gasteiger partial charge in [0.15, 0.2) is 0 Å². The second-order valence-corrected chi connectivity index (χ2v) is 9.57. The summed E-state index contributed by atoms with van der Waals surface area (Å²) >= 11 is 0. The average molecular weight is 358 g/mol. The maximum absolute atomic E-state index is 2.29. The molecule has 0 amide bonds. The molecule has 0 aliphatic rings. The molecule has 0 N–H and O–H groups in total. The van der Waals surface area contributed by atoms with Crippen molar-refractivity contribution in [1.29, 1.82) is 0 Å². The lowest BCUT2D eigenvalue weighted by atomic mass is 10.1. The van der Waals surface area contributed by atoms with Crippen molar-refractivity contribution in [1.82, 2.24) is 0 Å². The second kappa shape index (κ2) is 11.8. The van der Waals surface area contributed by atoms with Crippen molar-refractivity contribution in [2.24, 2.45) is 0 Å². The van der Waals surface area contributed by atoms with Crippen molar-refractivity contribution in [2.75, 3.05) is 12.3 Å². The van der Waals surface area contributed by atoms with Gasteiger partial charge in [-0.05, 0) is 49.6 Å². The van der Waals surface area contributed by atoms with Gasteiger partial charge in [0.2, 0.25) is 0 Å². The first-order valence-electron chi connectivity index (χ1n) is 9.35. The minimum atomic E-state index is 0.997. The van der Waals surface area contributed by atoms with Gasteiger partial charge in [-0.25, -0.2) is 0 Å². The molecule has 0 saturated carbocycles. The van der Waals surface area contributed by atoms with Crippen LogP contribution in [0.25, 0.3) is 0 Å². The summed E-state index contributed by atoms with van der Waals surface area (Å²) in [5.74, 6) is 0. The van der Waals surface area contributed by atoms with Crippen LogP contribution in [-0.4, -0.2) is 12.3 Å². The highest BCUT2D eigenvalue weighted by molar-refractivity contribution is 7.47. The van der Waals surface area contributed by atoms with Crippen molar-refractivity contribution in [3.63, 3.8) is 0 Å². The zero-order valence-corrected chi connectivity index (χ0v) is 17.3. The molecule has 2 unspecified atom stereocenters. The molecule has 0 radical (unpaired) electrons. The predicted octanol–water partition coefficient (Wildman–Crippen LogP) is 5.95. The summed E-state index contributed by atoms with van der Waals surface area (Å²) in [5, 5.41) is 3.05. The maximum Gasteiger partial charge on any atom is -0.0271 e. The monoisotopic (exact) mass is 358 g/mol. The Morgan fingerprint density at radius 2 is 0.833 bits per heavy atom. The summed E-state index contributed by atoms with van der Waals surface area (Å²) in [6.45, 7) is 4.32. The van der Waals surface area contributed by atoms with Crippen molar-refractivity contribution < 1.29 is 0 Å². The van der Waals surface area contributed by atoms with Crippen LogP contribution < -0.4 is 10.6 Å². The summed E-state index contributed by atoms with van der Waals surface area (Å²) in [5.41, 5.74) is 2.73. The molecule has 2 atom stereocenters. The lowest BCUT2D eigenvalue weighted by Gasteiger charge is -2.04. The van der Waals surface area contributed by atoms with E-state index >= 15 is 0 Å². The van der Waals surface area contributed by atoms with Gasteiger partial charge in [0.05, 0.1) is 0 Å². The second-order valence-electron chi connectivity index (χ2n) is 6.71. The first-order chi connectivity index (χ1) is 11.7. The van der Waals surface area contributed by atoms with Crippen molar-refractivity contribution >= 4 is 27.8 Å². The highest BCUT2D eigenvalue weighted by Crippen LogP contribution is 2.17. The van der Waals surface area contributed by atoms with Crippen LogP contribution in [-0.2, 0) is 0 Å². The van der Waals surface area contributed by atoms with Gasteiger partial charge in [-0.15, -0.1) is 0 Å². The molecule has 0 aliphatic carbocycles. The number of benzene rings is 2. The van der Waals surface area contributed by atoms with Gasteiger partial charge in [-0.1, -0.05) is 103 Å². The van der Waals surface area contributed by atoms with Crippen LogP contribution in [0.2, 0.25) is 0 Å². The molecule has 0 heterocycles. The molecule has 2 heteroatoms. The summed E-state index contributed by atoms with van der Waals surface area (Å²) in [7, 11) is 1.99. The molecule has 0 aliphatic heterocycles. The normalized spacial score (nSPS) is 11.9. The van der Waals surface area contributed by atoms with E-state index in [4.69, 9.17) is 0 Å². The van der Waals surface area contributed by atoms with Gasteiger partial charge in [0.1, 0.15) is 0 Å². The third-order valence-corrected chi connectivity index (χ3v) is 7.06. The van der Waals surface area contributed by atoms with E-state index in [0.29, 0.717) is 0 Å². The van der Waals surface area contributed by atoms with E-state index in [1.807, 2.05) is 0 Å². The third kappa shape index (κ3) is 8.41. The summed E-state index contributed by atoms with van der Waals surface area (Å²) in [6.07, 6.45) is 11.2. The average Bonchev–Trinajstić information content (AvgIpc) is 2.60. The lowest BCUT2D eigenvalue weighted by molar-refractivity contribution is 0.629. The fraction of sp³-hybridized carbons (Fsp3) is 0.455. The number of unbranched alkanes of at least 4 members (excludes halogenated alkanes) is 5. The molecular formula is C22H32P2. The highest BCUT2D eigenvalue weighted by Gasteiger charge is 1.96. The van der Waals surface area contributed by atoms with E-state index in [1.54, 1.807) is 0 Å². The minimum absolute atomic E-state index is 0.997. The molecule has 2 rings (SSSR count). The van der Waals surface area contributed by atoms with Crippen LogP contribution in [0, 0.1) is 13.8 Å². The van der Waals surface area contributed by atoms with E-state index < -0.39 is 0 Å². The summed E-state index contributed by atoms with van der Waals surface area (Å²) in [4.78, 5) is 0. The zero-order chi connectivity index (χ0) is 17.0. The predicted molar refractivity (Wildman–Crippen MR) is 116 cm³/mol. The van der Waals surface area contributed by atoms with Gasteiger partial charge in [0, 0.05) is 0 Å². The molecule has 2 aromatic carbocycles. The molecule has 0 fully saturated rings. The Balaban J connectivity index is 1.40. The highest BCUT2D eigenvalue weighted by atomic mass is 31.1. The van der Waals surface area contributed by atoms with E-state index in [2.05, 4.69) is 62.4 Å². The molecular weight excluding hydrogens is 326 g/mol. The van der Waals surface area contributed by atoms with Crippen molar-refractivity contribution in [3.8, 4) is 0 Å². The van der Waals surface area contributed by atoms with E-state index in [9.17, 15) is 0 Å². The zero-order valence-electron chi connectivity index (χ0n) is 15.3. The third-order valence-electron chi connectivity index (χ3n) is 4.36. The molecule has 0 spiro atoms. The van der Waals surface area contributed by atoms with Crippen LogP contribution in [0.5, 0.6) is 0 Å². The first-order valence-corrected chi connectivity index (χ1v) is 11.8. The van der Waals surface area contributed by atoms with Gasteiger partial charge in [-0.2, -0.15) is 0 Å². The Labute approximate surface area is 152 Å². The maximum atomic E-state index is 2.29. The number of hydrogen-bond acceptors (Lipinski definition) is 0. The molecule has 2 aromatic rings. The standard InChI is InChI=1S/C22H32P2/c1-19-9-13-21(14-10-19)23-17-7-5-3-4-6-8-18-24-22-15-11-20(2)12-16-22/h9-16,23-24H,3-8,17-18H2,1-2H3. The van der Waals surface area contributed by atoms with Gasteiger partial charge in [-0.3, -0.25) is 0 Å². The summed E-state index contributed by atoms with van der Waals surface area (Å²) in [6, 6.07) is 18.1. The van der Waals surface area contributed by atoms with Crippen LogP contribution >= 0.6 is 17.2 Å². The van der Waals surface area contributed by atoms with Crippen molar-refractivity contribution in [2.45, 2.75) is 52.4 Å². The Kier molecular flexibility index (Phi) is 9.64. The minimum Gasteiger partial charge on any atom is -0.0904 e. The smallest absolute Gasteiger partial charge is 0.0271 e. The van der Waals surface area contributed by atoms with Gasteiger partial charge < -0.3 is 0 Å². The van der Waals surface area contributed by atoms with Crippen LogP contribution in [0.4, 0.5) is 0 Å². The topological polar surface area (TPSA) is 0 Å². The van der Waals surface area contributed by atoms with E-state index in [0.717, 1.165) is 17.2 Å².